The normalized spacial score (nSPS) is 11.7. The number of nitrogens with one attached hydrogen (secondary N) is 2. The summed E-state index contributed by atoms with van der Waals surface area (Å²) in [5, 5.41) is 9.77. The first kappa shape index (κ1) is 20.1. The van der Waals surface area contributed by atoms with E-state index in [1.54, 1.807) is 35.1 Å². The maximum absolute atomic E-state index is 12.7. The number of nitrogens with zero attached hydrogens (tertiary/aromatic N) is 2. The van der Waals surface area contributed by atoms with E-state index >= 15 is 0 Å². The van der Waals surface area contributed by atoms with Gasteiger partial charge in [0.2, 0.25) is 5.91 Å². The number of hydrogen-bond donors (Lipinski definition) is 2. The number of para-hydroxylation sites is 1. The van der Waals surface area contributed by atoms with E-state index in [9.17, 15) is 9.59 Å². The summed E-state index contributed by atoms with van der Waals surface area (Å²) in [6.07, 6.45) is 3.54. The highest BCUT2D eigenvalue weighted by Crippen LogP contribution is 2.14. The van der Waals surface area contributed by atoms with E-state index in [-0.39, 0.29) is 24.3 Å². The predicted octanol–water partition coefficient (Wildman–Crippen LogP) is 3.03. The van der Waals surface area contributed by atoms with Crippen molar-refractivity contribution in [3.63, 3.8) is 0 Å². The number of carbonyl (C=O) groups excluding carboxylic acids is 2. The lowest BCUT2D eigenvalue weighted by molar-refractivity contribution is -0.128. The second-order valence-electron chi connectivity index (χ2n) is 6.88. The van der Waals surface area contributed by atoms with E-state index in [0.29, 0.717) is 11.4 Å². The van der Waals surface area contributed by atoms with E-state index in [2.05, 4.69) is 15.7 Å². The molecule has 1 atom stereocenters. The Balaban J connectivity index is 1.56. The third-order valence-corrected chi connectivity index (χ3v) is 4.28. The van der Waals surface area contributed by atoms with Crippen LogP contribution in [-0.2, 0) is 9.59 Å². The lowest BCUT2D eigenvalue weighted by Crippen LogP contribution is -2.48. The smallest absolute Gasteiger partial charge is 0.258 e. The Morgan fingerprint density at radius 3 is 2.38 bits per heavy atom. The number of carbonyl (C=O) groups is 2. The van der Waals surface area contributed by atoms with Gasteiger partial charge in [0.25, 0.3) is 5.91 Å². The van der Waals surface area contributed by atoms with Crippen molar-refractivity contribution in [1.82, 2.24) is 15.1 Å². The van der Waals surface area contributed by atoms with Crippen LogP contribution in [0, 0.1) is 5.92 Å². The molecule has 150 valence electrons. The number of anilines is 1. The molecule has 0 spiro atoms. The van der Waals surface area contributed by atoms with E-state index in [1.807, 2.05) is 56.4 Å². The van der Waals surface area contributed by atoms with Crippen LogP contribution < -0.4 is 15.4 Å². The van der Waals surface area contributed by atoms with Crippen LogP contribution in [0.1, 0.15) is 13.8 Å². The zero-order valence-corrected chi connectivity index (χ0v) is 16.4. The molecule has 7 nitrogen and oxygen atoms in total. The topological polar surface area (TPSA) is 85.2 Å². The van der Waals surface area contributed by atoms with Crippen LogP contribution in [0.25, 0.3) is 5.69 Å². The van der Waals surface area contributed by atoms with Crippen molar-refractivity contribution in [3.8, 4) is 11.4 Å². The molecule has 0 radical (unpaired) electrons. The largest absolute Gasteiger partial charge is 0.484 e. The Labute approximate surface area is 169 Å². The van der Waals surface area contributed by atoms with Gasteiger partial charge >= 0.3 is 0 Å². The fourth-order valence-electron chi connectivity index (χ4n) is 2.75. The van der Waals surface area contributed by atoms with Crippen LogP contribution in [0.15, 0.2) is 73.1 Å². The molecule has 1 aromatic heterocycles. The summed E-state index contributed by atoms with van der Waals surface area (Å²) in [6.45, 7) is 3.60. The third-order valence-electron chi connectivity index (χ3n) is 4.28. The van der Waals surface area contributed by atoms with Gasteiger partial charge in [-0.05, 0) is 48.4 Å². The summed E-state index contributed by atoms with van der Waals surface area (Å²) in [7, 11) is 0. The van der Waals surface area contributed by atoms with Crippen molar-refractivity contribution in [1.29, 1.82) is 0 Å². The fourth-order valence-corrected chi connectivity index (χ4v) is 2.75. The average molecular weight is 392 g/mol. The standard InChI is InChI=1S/C22H24N4O3/c1-16(2)21(25-20(27)15-29-19-7-4-3-5-8-19)22(28)24-17-9-11-18(12-10-17)26-14-6-13-23-26/h3-14,16,21H,15H2,1-2H3,(H,24,28)(H,25,27). The van der Waals surface area contributed by atoms with Gasteiger partial charge < -0.3 is 15.4 Å². The molecule has 0 aliphatic heterocycles. The van der Waals surface area contributed by atoms with Gasteiger partial charge in [0.1, 0.15) is 11.8 Å². The molecule has 0 aliphatic carbocycles. The van der Waals surface area contributed by atoms with Crippen LogP contribution in [0.5, 0.6) is 5.75 Å². The Bertz CT molecular complexity index is 922. The molecule has 0 aliphatic rings. The van der Waals surface area contributed by atoms with Crippen LogP contribution >= 0.6 is 0 Å². The van der Waals surface area contributed by atoms with E-state index in [4.69, 9.17) is 4.74 Å². The van der Waals surface area contributed by atoms with Crippen molar-refractivity contribution in [2.75, 3.05) is 11.9 Å². The van der Waals surface area contributed by atoms with E-state index < -0.39 is 6.04 Å². The highest BCUT2D eigenvalue weighted by molar-refractivity contribution is 5.97. The molecule has 0 saturated heterocycles. The van der Waals surface area contributed by atoms with Crippen molar-refractivity contribution in [2.24, 2.45) is 5.92 Å². The molecule has 2 aromatic carbocycles. The monoisotopic (exact) mass is 392 g/mol. The molecule has 2 N–H and O–H groups in total. The molecule has 0 bridgehead atoms. The Kier molecular flexibility index (Phi) is 6.63. The zero-order chi connectivity index (χ0) is 20.6. The molecule has 1 unspecified atom stereocenters. The molecule has 29 heavy (non-hydrogen) atoms. The third kappa shape index (κ3) is 5.68. The minimum atomic E-state index is -0.673. The van der Waals surface area contributed by atoms with Crippen molar-refractivity contribution in [2.45, 2.75) is 19.9 Å². The van der Waals surface area contributed by atoms with E-state index in [1.165, 1.54) is 0 Å². The van der Waals surface area contributed by atoms with Gasteiger partial charge in [-0.15, -0.1) is 0 Å². The summed E-state index contributed by atoms with van der Waals surface area (Å²) in [5.74, 6) is -0.110. The van der Waals surface area contributed by atoms with Gasteiger partial charge in [-0.1, -0.05) is 32.0 Å². The highest BCUT2D eigenvalue weighted by atomic mass is 16.5. The predicted molar refractivity (Wildman–Crippen MR) is 111 cm³/mol. The summed E-state index contributed by atoms with van der Waals surface area (Å²) in [4.78, 5) is 24.9. The summed E-state index contributed by atoms with van der Waals surface area (Å²) in [6, 6.07) is 17.6. The van der Waals surface area contributed by atoms with Gasteiger partial charge in [-0.2, -0.15) is 5.10 Å². The fraction of sp³-hybridized carbons (Fsp3) is 0.227. The molecule has 0 saturated carbocycles. The first-order valence-electron chi connectivity index (χ1n) is 9.41. The van der Waals surface area contributed by atoms with Crippen LogP contribution in [-0.4, -0.2) is 34.2 Å². The molecule has 1 heterocycles. The van der Waals surface area contributed by atoms with Crippen LogP contribution in [0.4, 0.5) is 5.69 Å². The summed E-state index contributed by atoms with van der Waals surface area (Å²) >= 11 is 0. The average Bonchev–Trinajstić information content (AvgIpc) is 3.26. The first-order valence-corrected chi connectivity index (χ1v) is 9.41. The Morgan fingerprint density at radius 1 is 1.03 bits per heavy atom. The minimum absolute atomic E-state index is 0.0842. The first-order chi connectivity index (χ1) is 14.0. The molecule has 3 rings (SSSR count). The number of aromatic nitrogens is 2. The summed E-state index contributed by atoms with van der Waals surface area (Å²) in [5.41, 5.74) is 1.53. The number of benzene rings is 2. The van der Waals surface area contributed by atoms with Gasteiger partial charge in [-0.25, -0.2) is 4.68 Å². The number of rotatable bonds is 8. The van der Waals surface area contributed by atoms with E-state index in [0.717, 1.165) is 5.69 Å². The number of hydrogen-bond acceptors (Lipinski definition) is 4. The molecule has 7 heteroatoms. The minimum Gasteiger partial charge on any atom is -0.484 e. The number of amides is 2. The molecule has 0 fully saturated rings. The maximum atomic E-state index is 12.7. The highest BCUT2D eigenvalue weighted by Gasteiger charge is 2.24. The molecular formula is C22H24N4O3. The second-order valence-corrected chi connectivity index (χ2v) is 6.88. The SMILES string of the molecule is CC(C)C(NC(=O)COc1ccccc1)C(=O)Nc1ccc(-n2cccn2)cc1. The van der Waals surface area contributed by atoms with Crippen molar-refractivity contribution >= 4 is 17.5 Å². The Morgan fingerprint density at radius 2 is 1.76 bits per heavy atom. The molecule has 3 aromatic rings. The van der Waals surface area contributed by atoms with Crippen molar-refractivity contribution in [3.05, 3.63) is 73.1 Å². The molecule has 2 amide bonds. The lowest BCUT2D eigenvalue weighted by atomic mass is 10.0. The van der Waals surface area contributed by atoms with Crippen LogP contribution in [0.2, 0.25) is 0 Å². The quantitative estimate of drug-likeness (QED) is 0.617. The Hall–Kier alpha value is -3.61. The molecular weight excluding hydrogens is 368 g/mol. The maximum Gasteiger partial charge on any atom is 0.258 e. The van der Waals surface area contributed by atoms with Crippen molar-refractivity contribution < 1.29 is 14.3 Å². The summed E-state index contributed by atoms with van der Waals surface area (Å²) < 4.78 is 7.17. The van der Waals surface area contributed by atoms with Crippen LogP contribution in [0.3, 0.4) is 0 Å². The van der Waals surface area contributed by atoms with Gasteiger partial charge in [-0.3, -0.25) is 9.59 Å². The lowest BCUT2D eigenvalue weighted by Gasteiger charge is -2.22. The van der Waals surface area contributed by atoms with Gasteiger partial charge in [0, 0.05) is 18.1 Å². The second kappa shape index (κ2) is 9.54. The number of ether oxygens (including phenoxy) is 1. The van der Waals surface area contributed by atoms with Gasteiger partial charge in [0.05, 0.1) is 5.69 Å². The zero-order valence-electron chi connectivity index (χ0n) is 16.4. The van der Waals surface area contributed by atoms with Gasteiger partial charge in [0.15, 0.2) is 6.61 Å².